The summed E-state index contributed by atoms with van der Waals surface area (Å²) < 4.78 is 26.6. The number of fused-ring (bicyclic) bond motifs is 1. The Morgan fingerprint density at radius 3 is 2.76 bits per heavy atom. The minimum Gasteiger partial charge on any atom is -0.360 e. The summed E-state index contributed by atoms with van der Waals surface area (Å²) in [5.74, 6) is -1.86. The van der Waals surface area contributed by atoms with E-state index < -0.39 is 11.6 Å². The van der Waals surface area contributed by atoms with E-state index in [1.54, 1.807) is 11.1 Å². The molecule has 0 radical (unpaired) electrons. The van der Waals surface area contributed by atoms with Gasteiger partial charge in [0.2, 0.25) is 5.91 Å². The largest absolute Gasteiger partial charge is 0.360 e. The Hall–Kier alpha value is -1.88. The number of alkyl halides is 1. The van der Waals surface area contributed by atoms with Crippen LogP contribution in [0, 0.1) is 11.6 Å². The fourth-order valence-corrected chi connectivity index (χ4v) is 2.78. The van der Waals surface area contributed by atoms with Gasteiger partial charge < -0.3 is 9.88 Å². The van der Waals surface area contributed by atoms with Crippen LogP contribution in [-0.2, 0) is 4.79 Å². The Bertz CT molecular complexity index is 739. The van der Waals surface area contributed by atoms with Crippen molar-refractivity contribution in [2.45, 2.75) is 6.42 Å². The van der Waals surface area contributed by atoms with E-state index in [2.05, 4.69) is 4.98 Å². The van der Waals surface area contributed by atoms with Crippen LogP contribution in [0.4, 0.5) is 8.78 Å². The third-order valence-corrected chi connectivity index (χ3v) is 3.97. The molecule has 0 saturated carbocycles. The highest BCUT2D eigenvalue weighted by Crippen LogP contribution is 2.30. The van der Waals surface area contributed by atoms with E-state index in [1.165, 1.54) is 6.07 Å². The SMILES string of the molecule is O=C(CCl)N1CC=C(c2c[nH]c3cc(F)c(F)cc23)CC1. The van der Waals surface area contributed by atoms with Crippen molar-refractivity contribution < 1.29 is 13.6 Å². The lowest BCUT2D eigenvalue weighted by Crippen LogP contribution is -2.35. The number of carbonyl (C=O) groups excluding carboxylic acids is 1. The van der Waals surface area contributed by atoms with Crippen molar-refractivity contribution in [1.29, 1.82) is 0 Å². The summed E-state index contributed by atoms with van der Waals surface area (Å²) in [5, 5.41) is 0.650. The normalized spacial score (nSPS) is 15.4. The molecule has 1 aliphatic rings. The van der Waals surface area contributed by atoms with Gasteiger partial charge in [-0.15, -0.1) is 11.6 Å². The first-order chi connectivity index (χ1) is 10.1. The van der Waals surface area contributed by atoms with Gasteiger partial charge in [-0.2, -0.15) is 0 Å². The Labute approximate surface area is 125 Å². The molecule has 0 atom stereocenters. The molecular formula is C15H13ClF2N2O. The van der Waals surface area contributed by atoms with E-state index >= 15 is 0 Å². The summed E-state index contributed by atoms with van der Waals surface area (Å²) in [7, 11) is 0. The van der Waals surface area contributed by atoms with Gasteiger partial charge in [-0.1, -0.05) is 6.08 Å². The first-order valence-corrected chi connectivity index (χ1v) is 7.13. The summed E-state index contributed by atoms with van der Waals surface area (Å²) in [4.78, 5) is 16.1. The maximum atomic E-state index is 13.4. The molecule has 1 aromatic carbocycles. The van der Waals surface area contributed by atoms with E-state index in [9.17, 15) is 13.6 Å². The number of nitrogens with one attached hydrogen (secondary N) is 1. The van der Waals surface area contributed by atoms with Gasteiger partial charge >= 0.3 is 0 Å². The van der Waals surface area contributed by atoms with Gasteiger partial charge in [-0.25, -0.2) is 8.78 Å². The molecule has 1 aliphatic heterocycles. The number of carbonyl (C=O) groups is 1. The fourth-order valence-electron chi connectivity index (χ4n) is 2.61. The molecule has 1 N–H and O–H groups in total. The second kappa shape index (κ2) is 5.48. The predicted octanol–water partition coefficient (Wildman–Crippen LogP) is 3.30. The third kappa shape index (κ3) is 2.53. The number of rotatable bonds is 2. The summed E-state index contributed by atoms with van der Waals surface area (Å²) in [6, 6.07) is 2.36. The van der Waals surface area contributed by atoms with E-state index in [1.807, 2.05) is 6.08 Å². The number of aromatic nitrogens is 1. The molecule has 1 amide bonds. The van der Waals surface area contributed by atoms with Crippen molar-refractivity contribution in [1.82, 2.24) is 9.88 Å². The smallest absolute Gasteiger partial charge is 0.237 e. The van der Waals surface area contributed by atoms with E-state index in [0.717, 1.165) is 17.2 Å². The number of amides is 1. The third-order valence-electron chi connectivity index (χ3n) is 3.74. The first kappa shape index (κ1) is 14.1. The van der Waals surface area contributed by atoms with Gasteiger partial charge in [-0.3, -0.25) is 4.79 Å². The molecule has 0 saturated heterocycles. The maximum absolute atomic E-state index is 13.4. The molecule has 21 heavy (non-hydrogen) atoms. The van der Waals surface area contributed by atoms with Crippen LogP contribution >= 0.6 is 11.6 Å². The molecule has 3 nitrogen and oxygen atoms in total. The molecule has 0 bridgehead atoms. The van der Waals surface area contributed by atoms with Crippen LogP contribution in [0.5, 0.6) is 0 Å². The number of benzene rings is 1. The molecule has 2 heterocycles. The van der Waals surface area contributed by atoms with Crippen molar-refractivity contribution in [2.24, 2.45) is 0 Å². The molecule has 0 fully saturated rings. The second-order valence-corrected chi connectivity index (χ2v) is 5.23. The quantitative estimate of drug-likeness (QED) is 0.849. The molecule has 110 valence electrons. The van der Waals surface area contributed by atoms with Crippen LogP contribution in [-0.4, -0.2) is 34.8 Å². The maximum Gasteiger partial charge on any atom is 0.237 e. The topological polar surface area (TPSA) is 36.1 Å². The van der Waals surface area contributed by atoms with E-state index in [4.69, 9.17) is 11.6 Å². The molecule has 0 aliphatic carbocycles. The minimum atomic E-state index is -0.868. The highest BCUT2D eigenvalue weighted by atomic mass is 35.5. The van der Waals surface area contributed by atoms with Gasteiger partial charge in [0, 0.05) is 41.8 Å². The van der Waals surface area contributed by atoms with Gasteiger partial charge in [0.05, 0.1) is 0 Å². The minimum absolute atomic E-state index is 0.0270. The van der Waals surface area contributed by atoms with Crippen molar-refractivity contribution in [3.8, 4) is 0 Å². The van der Waals surface area contributed by atoms with Gasteiger partial charge in [0.25, 0.3) is 0 Å². The molecule has 0 spiro atoms. The fraction of sp³-hybridized carbons (Fsp3) is 0.267. The summed E-state index contributed by atoms with van der Waals surface area (Å²) in [5.41, 5.74) is 2.43. The van der Waals surface area contributed by atoms with Crippen LogP contribution in [0.25, 0.3) is 16.5 Å². The number of nitrogens with zero attached hydrogens (tertiary/aromatic N) is 1. The van der Waals surface area contributed by atoms with Crippen molar-refractivity contribution in [2.75, 3.05) is 19.0 Å². The van der Waals surface area contributed by atoms with Crippen LogP contribution < -0.4 is 0 Å². The number of aromatic amines is 1. The lowest BCUT2D eigenvalue weighted by molar-refractivity contribution is -0.128. The Morgan fingerprint density at radius 1 is 1.33 bits per heavy atom. The van der Waals surface area contributed by atoms with E-state index in [0.29, 0.717) is 30.4 Å². The lowest BCUT2D eigenvalue weighted by atomic mass is 9.99. The molecule has 2 aromatic rings. The van der Waals surface area contributed by atoms with Crippen LogP contribution in [0.3, 0.4) is 0 Å². The van der Waals surface area contributed by atoms with Gasteiger partial charge in [-0.05, 0) is 18.1 Å². The average molecular weight is 311 g/mol. The van der Waals surface area contributed by atoms with Gasteiger partial charge in [0.1, 0.15) is 5.88 Å². The van der Waals surface area contributed by atoms with Crippen LogP contribution in [0.2, 0.25) is 0 Å². The molecule has 3 rings (SSSR count). The first-order valence-electron chi connectivity index (χ1n) is 6.59. The highest BCUT2D eigenvalue weighted by Gasteiger charge is 2.19. The van der Waals surface area contributed by atoms with E-state index in [-0.39, 0.29) is 11.8 Å². The lowest BCUT2D eigenvalue weighted by Gasteiger charge is -2.25. The standard InChI is InChI=1S/C15H13ClF2N2O/c16-7-15(21)20-3-1-9(2-4-20)11-8-19-14-6-13(18)12(17)5-10(11)14/h1,5-6,8,19H,2-4,7H2. The number of halogens is 3. The van der Waals surface area contributed by atoms with Gasteiger partial charge in [0.15, 0.2) is 11.6 Å². The predicted molar refractivity (Wildman–Crippen MR) is 78.1 cm³/mol. The van der Waals surface area contributed by atoms with Crippen molar-refractivity contribution in [3.63, 3.8) is 0 Å². The summed E-state index contributed by atoms with van der Waals surface area (Å²) in [6.45, 7) is 1.06. The summed E-state index contributed by atoms with van der Waals surface area (Å²) >= 11 is 5.54. The summed E-state index contributed by atoms with van der Waals surface area (Å²) in [6.07, 6.45) is 4.33. The van der Waals surface area contributed by atoms with Crippen molar-refractivity contribution >= 4 is 34.0 Å². The second-order valence-electron chi connectivity index (χ2n) is 4.97. The zero-order valence-corrected chi connectivity index (χ0v) is 11.9. The highest BCUT2D eigenvalue weighted by molar-refractivity contribution is 6.27. The molecular weight excluding hydrogens is 298 g/mol. The van der Waals surface area contributed by atoms with Crippen LogP contribution in [0.1, 0.15) is 12.0 Å². The monoisotopic (exact) mass is 310 g/mol. The Kier molecular flexibility index (Phi) is 3.68. The Balaban J connectivity index is 1.93. The number of hydrogen-bond acceptors (Lipinski definition) is 1. The molecule has 6 heteroatoms. The Morgan fingerprint density at radius 2 is 2.10 bits per heavy atom. The number of hydrogen-bond donors (Lipinski definition) is 1. The molecule has 0 unspecified atom stereocenters. The zero-order valence-electron chi connectivity index (χ0n) is 11.1. The van der Waals surface area contributed by atoms with Crippen LogP contribution in [0.15, 0.2) is 24.4 Å². The molecule has 1 aromatic heterocycles. The average Bonchev–Trinajstić information content (AvgIpc) is 2.90. The van der Waals surface area contributed by atoms with Crippen molar-refractivity contribution in [3.05, 3.63) is 41.6 Å². The number of H-pyrrole nitrogens is 1. The zero-order chi connectivity index (χ0) is 15.0.